The van der Waals surface area contributed by atoms with Crippen molar-refractivity contribution in [3.63, 3.8) is 0 Å². The van der Waals surface area contributed by atoms with E-state index in [9.17, 15) is 13.2 Å². The Labute approximate surface area is 93.6 Å². The lowest BCUT2D eigenvalue weighted by molar-refractivity contribution is -0.158. The molecule has 1 atom stereocenters. The highest BCUT2D eigenvalue weighted by molar-refractivity contribution is 7.80. The van der Waals surface area contributed by atoms with E-state index in [0.717, 1.165) is 0 Å². The SMILES string of the molecule is CC(C)CN(C)CC(C(N)=S)C(F)(F)F. The topological polar surface area (TPSA) is 29.3 Å². The van der Waals surface area contributed by atoms with Crippen molar-refractivity contribution in [2.24, 2.45) is 17.6 Å². The Kier molecular flexibility index (Phi) is 5.51. The molecule has 0 radical (unpaired) electrons. The summed E-state index contributed by atoms with van der Waals surface area (Å²) in [6.07, 6.45) is -4.35. The summed E-state index contributed by atoms with van der Waals surface area (Å²) in [6.45, 7) is 4.31. The maximum Gasteiger partial charge on any atom is 0.399 e. The van der Waals surface area contributed by atoms with Crippen LogP contribution in [0, 0.1) is 11.8 Å². The molecule has 0 aliphatic carbocycles. The monoisotopic (exact) mass is 242 g/mol. The molecule has 0 aromatic rings. The number of thiocarbonyl (C=S) groups is 1. The van der Waals surface area contributed by atoms with Crippen molar-refractivity contribution >= 4 is 17.2 Å². The molecule has 0 aromatic carbocycles. The normalized spacial score (nSPS) is 14.7. The second kappa shape index (κ2) is 5.65. The zero-order valence-corrected chi connectivity index (χ0v) is 9.95. The Hall–Kier alpha value is -0.360. The summed E-state index contributed by atoms with van der Waals surface area (Å²) < 4.78 is 37.4. The summed E-state index contributed by atoms with van der Waals surface area (Å²) in [6, 6.07) is 0. The van der Waals surface area contributed by atoms with E-state index in [1.54, 1.807) is 11.9 Å². The van der Waals surface area contributed by atoms with E-state index in [1.807, 2.05) is 13.8 Å². The van der Waals surface area contributed by atoms with Gasteiger partial charge in [-0.1, -0.05) is 26.1 Å². The number of halogens is 3. The minimum atomic E-state index is -4.35. The molecule has 0 aliphatic heterocycles. The Morgan fingerprint density at radius 3 is 2.07 bits per heavy atom. The standard InChI is InChI=1S/C9H17F3N2S/c1-6(2)4-14(3)5-7(8(13)15)9(10,11)12/h6-7H,4-5H2,1-3H3,(H2,13,15). The van der Waals surface area contributed by atoms with Crippen molar-refractivity contribution in [1.29, 1.82) is 0 Å². The first-order valence-electron chi connectivity index (χ1n) is 4.69. The van der Waals surface area contributed by atoms with Crippen LogP contribution in [0.4, 0.5) is 13.2 Å². The highest BCUT2D eigenvalue weighted by Crippen LogP contribution is 2.27. The summed E-state index contributed by atoms with van der Waals surface area (Å²) in [7, 11) is 1.64. The van der Waals surface area contributed by atoms with Crippen molar-refractivity contribution in [1.82, 2.24) is 4.90 Å². The average molecular weight is 242 g/mol. The van der Waals surface area contributed by atoms with Crippen molar-refractivity contribution in [3.05, 3.63) is 0 Å². The lowest BCUT2D eigenvalue weighted by atomic mass is 10.1. The fraction of sp³-hybridized carbons (Fsp3) is 0.889. The molecule has 0 aliphatic rings. The maximum absolute atomic E-state index is 12.5. The molecule has 0 heterocycles. The lowest BCUT2D eigenvalue weighted by Crippen LogP contribution is -2.43. The van der Waals surface area contributed by atoms with E-state index in [0.29, 0.717) is 12.5 Å². The molecular formula is C9H17F3N2S. The summed E-state index contributed by atoms with van der Waals surface area (Å²) in [5.41, 5.74) is 5.09. The molecule has 15 heavy (non-hydrogen) atoms. The predicted molar refractivity (Wildman–Crippen MR) is 58.7 cm³/mol. The molecule has 6 heteroatoms. The highest BCUT2D eigenvalue weighted by Gasteiger charge is 2.42. The number of nitrogens with zero attached hydrogens (tertiary/aromatic N) is 1. The van der Waals surface area contributed by atoms with Gasteiger partial charge in [-0.15, -0.1) is 0 Å². The molecule has 1 unspecified atom stereocenters. The minimum Gasteiger partial charge on any atom is -0.393 e. The maximum atomic E-state index is 12.5. The first-order chi connectivity index (χ1) is 6.64. The number of nitrogens with two attached hydrogens (primary N) is 1. The summed E-state index contributed by atoms with van der Waals surface area (Å²) in [5.74, 6) is -1.40. The van der Waals surface area contributed by atoms with E-state index in [-0.39, 0.29) is 6.54 Å². The molecule has 2 nitrogen and oxygen atoms in total. The van der Waals surface area contributed by atoms with Gasteiger partial charge in [0, 0.05) is 13.1 Å². The van der Waals surface area contributed by atoms with Crippen LogP contribution in [-0.2, 0) is 0 Å². The molecule has 2 N–H and O–H groups in total. The van der Waals surface area contributed by atoms with Crippen molar-refractivity contribution in [2.45, 2.75) is 20.0 Å². The van der Waals surface area contributed by atoms with Gasteiger partial charge < -0.3 is 10.6 Å². The van der Waals surface area contributed by atoms with Gasteiger partial charge in [0.15, 0.2) is 0 Å². The zero-order chi connectivity index (χ0) is 12.2. The number of hydrogen-bond acceptors (Lipinski definition) is 2. The lowest BCUT2D eigenvalue weighted by Gasteiger charge is -2.26. The van der Waals surface area contributed by atoms with Crippen molar-refractivity contribution < 1.29 is 13.2 Å². The molecule has 0 spiro atoms. The van der Waals surface area contributed by atoms with Gasteiger partial charge in [-0.05, 0) is 13.0 Å². The predicted octanol–water partition coefficient (Wildman–Crippen LogP) is 2.04. The minimum absolute atomic E-state index is 0.170. The molecule has 0 bridgehead atoms. The first-order valence-corrected chi connectivity index (χ1v) is 5.10. The second-order valence-electron chi connectivity index (χ2n) is 4.11. The van der Waals surface area contributed by atoms with Gasteiger partial charge in [0.1, 0.15) is 5.92 Å². The summed E-state index contributed by atoms with van der Waals surface area (Å²) in [5, 5.41) is 0. The summed E-state index contributed by atoms with van der Waals surface area (Å²) >= 11 is 4.43. The molecule has 0 saturated heterocycles. The van der Waals surface area contributed by atoms with Gasteiger partial charge in [-0.25, -0.2) is 0 Å². The quantitative estimate of drug-likeness (QED) is 0.748. The Bertz CT molecular complexity index is 216. The van der Waals surface area contributed by atoms with Crippen LogP contribution in [0.1, 0.15) is 13.8 Å². The fourth-order valence-electron chi connectivity index (χ4n) is 1.36. The molecule has 0 amide bonds. The molecule has 0 fully saturated rings. The van der Waals surface area contributed by atoms with E-state index in [1.165, 1.54) is 0 Å². The van der Waals surface area contributed by atoms with Crippen LogP contribution in [0.5, 0.6) is 0 Å². The van der Waals surface area contributed by atoms with Gasteiger partial charge in [-0.3, -0.25) is 0 Å². The average Bonchev–Trinajstić information content (AvgIpc) is 1.95. The third-order valence-electron chi connectivity index (χ3n) is 1.91. The van der Waals surface area contributed by atoms with Crippen LogP contribution in [-0.4, -0.2) is 36.2 Å². The van der Waals surface area contributed by atoms with Crippen LogP contribution >= 0.6 is 12.2 Å². The van der Waals surface area contributed by atoms with Gasteiger partial charge in [0.25, 0.3) is 0 Å². The number of alkyl halides is 3. The molecule has 0 saturated carbocycles. The van der Waals surface area contributed by atoms with Crippen LogP contribution in [0.25, 0.3) is 0 Å². The zero-order valence-electron chi connectivity index (χ0n) is 9.14. The third kappa shape index (κ3) is 5.94. The molecule has 0 rings (SSSR count). The van der Waals surface area contributed by atoms with Crippen LogP contribution in [0.2, 0.25) is 0 Å². The van der Waals surface area contributed by atoms with Gasteiger partial charge in [0.2, 0.25) is 0 Å². The smallest absolute Gasteiger partial charge is 0.393 e. The van der Waals surface area contributed by atoms with Crippen molar-refractivity contribution in [2.75, 3.05) is 20.1 Å². The second-order valence-corrected chi connectivity index (χ2v) is 4.58. The Morgan fingerprint density at radius 1 is 1.33 bits per heavy atom. The van der Waals surface area contributed by atoms with Crippen molar-refractivity contribution in [3.8, 4) is 0 Å². The third-order valence-corrected chi connectivity index (χ3v) is 2.19. The van der Waals surface area contributed by atoms with E-state index >= 15 is 0 Å². The van der Waals surface area contributed by atoms with E-state index in [2.05, 4.69) is 12.2 Å². The number of hydrogen-bond donors (Lipinski definition) is 1. The Balaban J connectivity index is 4.37. The highest BCUT2D eigenvalue weighted by atomic mass is 32.1. The van der Waals surface area contributed by atoms with Gasteiger partial charge in [-0.2, -0.15) is 13.2 Å². The molecular weight excluding hydrogens is 225 g/mol. The number of rotatable bonds is 5. The first kappa shape index (κ1) is 14.6. The Morgan fingerprint density at radius 2 is 1.80 bits per heavy atom. The van der Waals surface area contributed by atoms with Gasteiger partial charge in [0.05, 0.1) is 4.99 Å². The van der Waals surface area contributed by atoms with Crippen LogP contribution in [0.15, 0.2) is 0 Å². The molecule has 90 valence electrons. The molecule has 0 aromatic heterocycles. The largest absolute Gasteiger partial charge is 0.399 e. The fourth-order valence-corrected chi connectivity index (χ4v) is 1.57. The van der Waals surface area contributed by atoms with Gasteiger partial charge >= 0.3 is 6.18 Å². The summed E-state index contributed by atoms with van der Waals surface area (Å²) in [4.78, 5) is 1.11. The van der Waals surface area contributed by atoms with E-state index < -0.39 is 17.1 Å². The van der Waals surface area contributed by atoms with E-state index in [4.69, 9.17) is 5.73 Å². The van der Waals surface area contributed by atoms with Crippen LogP contribution in [0.3, 0.4) is 0 Å². The van der Waals surface area contributed by atoms with Crippen LogP contribution < -0.4 is 5.73 Å².